The fourth-order valence-electron chi connectivity index (χ4n) is 3.84. The van der Waals surface area contributed by atoms with Crippen molar-refractivity contribution in [1.82, 2.24) is 9.62 Å². The van der Waals surface area contributed by atoms with Gasteiger partial charge < -0.3 is 15.4 Å². The molecule has 2 amide bonds. The maximum absolute atomic E-state index is 13.1. The number of rotatable bonds is 9. The van der Waals surface area contributed by atoms with Crippen LogP contribution >= 0.6 is 0 Å². The van der Waals surface area contributed by atoms with Crippen LogP contribution in [0.3, 0.4) is 0 Å². The van der Waals surface area contributed by atoms with E-state index in [4.69, 9.17) is 4.74 Å². The molecule has 33 heavy (non-hydrogen) atoms. The van der Waals surface area contributed by atoms with E-state index in [9.17, 15) is 18.0 Å². The minimum absolute atomic E-state index is 0.00462. The zero-order valence-electron chi connectivity index (χ0n) is 19.0. The van der Waals surface area contributed by atoms with Gasteiger partial charge in [0.2, 0.25) is 10.0 Å². The molecular weight excluding hydrogens is 442 g/mol. The molecule has 1 aliphatic carbocycles. The molecular formula is C24H31N3O5S. The molecule has 178 valence electrons. The minimum Gasteiger partial charge on any atom is -0.484 e. The standard InChI is InChI=1S/C24H31N3O5S/c1-3-25-23(28)17-32-21-14-12-19(13-15-21)26-24(29)18-8-7-11-22(16-18)33(30,31)27(2)20-9-5-4-6-10-20/h7-8,11-16,20H,3-6,9-10,17H2,1-2H3,(H,25,28)(H,26,29). The highest BCUT2D eigenvalue weighted by Gasteiger charge is 2.29. The third kappa shape index (κ3) is 6.55. The lowest BCUT2D eigenvalue weighted by molar-refractivity contribution is -0.122. The number of carbonyl (C=O) groups excluding carboxylic acids is 2. The van der Waals surface area contributed by atoms with Crippen molar-refractivity contribution >= 4 is 27.5 Å². The third-order valence-corrected chi connectivity index (χ3v) is 7.62. The van der Waals surface area contributed by atoms with Crippen LogP contribution in [-0.2, 0) is 14.8 Å². The van der Waals surface area contributed by atoms with Gasteiger partial charge in [-0.2, -0.15) is 4.31 Å². The fourth-order valence-corrected chi connectivity index (χ4v) is 5.30. The molecule has 0 spiro atoms. The lowest BCUT2D eigenvalue weighted by Crippen LogP contribution is -2.38. The Hall–Kier alpha value is -2.91. The van der Waals surface area contributed by atoms with Crippen molar-refractivity contribution in [3.63, 3.8) is 0 Å². The molecule has 0 radical (unpaired) electrons. The molecule has 0 unspecified atom stereocenters. The van der Waals surface area contributed by atoms with E-state index in [0.717, 1.165) is 32.1 Å². The number of sulfonamides is 1. The Morgan fingerprint density at radius 2 is 1.76 bits per heavy atom. The predicted molar refractivity (Wildman–Crippen MR) is 127 cm³/mol. The first-order valence-corrected chi connectivity index (χ1v) is 12.6. The lowest BCUT2D eigenvalue weighted by atomic mass is 9.96. The summed E-state index contributed by atoms with van der Waals surface area (Å²) in [5.74, 6) is -0.125. The van der Waals surface area contributed by atoms with Crippen molar-refractivity contribution in [2.45, 2.75) is 50.0 Å². The summed E-state index contributed by atoms with van der Waals surface area (Å²) in [5.41, 5.74) is 0.780. The van der Waals surface area contributed by atoms with Crippen molar-refractivity contribution < 1.29 is 22.7 Å². The molecule has 2 aromatic carbocycles. The van der Waals surface area contributed by atoms with Crippen LogP contribution in [-0.4, -0.2) is 50.8 Å². The molecule has 0 bridgehead atoms. The van der Waals surface area contributed by atoms with Gasteiger partial charge >= 0.3 is 0 Å². The number of carbonyl (C=O) groups is 2. The SMILES string of the molecule is CCNC(=O)COc1ccc(NC(=O)c2cccc(S(=O)(=O)N(C)C3CCCCC3)c2)cc1. The van der Waals surface area contributed by atoms with Crippen molar-refractivity contribution in [2.24, 2.45) is 0 Å². The average Bonchev–Trinajstić information content (AvgIpc) is 2.84. The van der Waals surface area contributed by atoms with Crippen LogP contribution in [0.15, 0.2) is 53.4 Å². The highest BCUT2D eigenvalue weighted by molar-refractivity contribution is 7.89. The van der Waals surface area contributed by atoms with E-state index in [1.54, 1.807) is 43.4 Å². The second-order valence-electron chi connectivity index (χ2n) is 8.06. The molecule has 0 aliphatic heterocycles. The molecule has 3 rings (SSSR count). The van der Waals surface area contributed by atoms with Gasteiger partial charge in [-0.3, -0.25) is 9.59 Å². The second-order valence-corrected chi connectivity index (χ2v) is 10.1. The number of ether oxygens (including phenoxy) is 1. The number of amides is 2. The van der Waals surface area contributed by atoms with Gasteiger partial charge in [0, 0.05) is 30.9 Å². The van der Waals surface area contributed by atoms with Crippen molar-refractivity contribution in [1.29, 1.82) is 0 Å². The van der Waals surface area contributed by atoms with E-state index in [2.05, 4.69) is 10.6 Å². The van der Waals surface area contributed by atoms with Crippen molar-refractivity contribution in [3.8, 4) is 5.75 Å². The summed E-state index contributed by atoms with van der Waals surface area (Å²) >= 11 is 0. The molecule has 9 heteroatoms. The zero-order valence-corrected chi connectivity index (χ0v) is 19.9. The summed E-state index contributed by atoms with van der Waals surface area (Å²) in [6.07, 6.45) is 4.92. The van der Waals surface area contributed by atoms with Gasteiger partial charge in [0.05, 0.1) is 4.90 Å². The maximum Gasteiger partial charge on any atom is 0.257 e. The first-order valence-electron chi connectivity index (χ1n) is 11.2. The third-order valence-electron chi connectivity index (χ3n) is 5.72. The first kappa shape index (κ1) is 24.7. The summed E-state index contributed by atoms with van der Waals surface area (Å²) in [5, 5.41) is 5.40. The topological polar surface area (TPSA) is 105 Å². The monoisotopic (exact) mass is 473 g/mol. The Bertz CT molecular complexity index is 1060. The van der Waals surface area contributed by atoms with Crippen LogP contribution in [0.2, 0.25) is 0 Å². The van der Waals surface area contributed by atoms with Gasteiger partial charge in [-0.05, 0) is 62.2 Å². The Labute approximate surface area is 195 Å². The van der Waals surface area contributed by atoms with Gasteiger partial charge in [0.15, 0.2) is 6.61 Å². The van der Waals surface area contributed by atoms with Gasteiger partial charge in [-0.25, -0.2) is 8.42 Å². The smallest absolute Gasteiger partial charge is 0.257 e. The molecule has 0 aromatic heterocycles. The normalized spacial score (nSPS) is 14.6. The molecule has 0 heterocycles. The number of hydrogen-bond donors (Lipinski definition) is 2. The molecule has 8 nitrogen and oxygen atoms in total. The number of nitrogens with one attached hydrogen (secondary N) is 2. The van der Waals surface area contributed by atoms with E-state index < -0.39 is 15.9 Å². The van der Waals surface area contributed by atoms with Crippen molar-refractivity contribution in [3.05, 3.63) is 54.1 Å². The largest absolute Gasteiger partial charge is 0.484 e. The van der Waals surface area contributed by atoms with Gasteiger partial charge in [0.1, 0.15) is 5.75 Å². The zero-order chi connectivity index (χ0) is 23.8. The number of nitrogens with zero attached hydrogens (tertiary/aromatic N) is 1. The quantitative estimate of drug-likeness (QED) is 0.581. The van der Waals surface area contributed by atoms with Crippen LogP contribution in [0, 0.1) is 0 Å². The van der Waals surface area contributed by atoms with E-state index in [1.807, 2.05) is 6.92 Å². The van der Waals surface area contributed by atoms with Crippen LogP contribution in [0.25, 0.3) is 0 Å². The molecule has 2 N–H and O–H groups in total. The number of likely N-dealkylation sites (N-methyl/N-ethyl adjacent to an activating group) is 1. The lowest BCUT2D eigenvalue weighted by Gasteiger charge is -2.30. The van der Waals surface area contributed by atoms with E-state index >= 15 is 0 Å². The fraction of sp³-hybridized carbons (Fsp3) is 0.417. The van der Waals surface area contributed by atoms with Crippen LogP contribution in [0.1, 0.15) is 49.4 Å². The molecule has 0 saturated heterocycles. The first-order chi connectivity index (χ1) is 15.8. The van der Waals surface area contributed by atoms with Crippen LogP contribution in [0.5, 0.6) is 5.75 Å². The highest BCUT2D eigenvalue weighted by atomic mass is 32.2. The average molecular weight is 474 g/mol. The number of benzene rings is 2. The Kier molecular flexibility index (Phi) is 8.46. The maximum atomic E-state index is 13.1. The molecule has 1 aliphatic rings. The number of anilines is 1. The summed E-state index contributed by atoms with van der Waals surface area (Å²) in [6, 6.07) is 12.7. The summed E-state index contributed by atoms with van der Waals surface area (Å²) < 4.78 is 33.1. The van der Waals surface area contributed by atoms with Gasteiger partial charge in [-0.1, -0.05) is 25.3 Å². The highest BCUT2D eigenvalue weighted by Crippen LogP contribution is 2.27. The molecule has 0 atom stereocenters. The summed E-state index contributed by atoms with van der Waals surface area (Å²) in [7, 11) is -2.07. The molecule has 1 fully saturated rings. The van der Waals surface area contributed by atoms with E-state index in [0.29, 0.717) is 18.0 Å². The Morgan fingerprint density at radius 1 is 1.06 bits per heavy atom. The van der Waals surface area contributed by atoms with E-state index in [1.165, 1.54) is 16.4 Å². The number of hydrogen-bond acceptors (Lipinski definition) is 5. The Balaban J connectivity index is 1.65. The minimum atomic E-state index is -3.69. The summed E-state index contributed by atoms with van der Waals surface area (Å²) in [6.45, 7) is 2.28. The Morgan fingerprint density at radius 3 is 2.42 bits per heavy atom. The van der Waals surface area contributed by atoms with E-state index in [-0.39, 0.29) is 29.0 Å². The second kappa shape index (κ2) is 11.3. The van der Waals surface area contributed by atoms with Crippen LogP contribution < -0.4 is 15.4 Å². The van der Waals surface area contributed by atoms with Crippen molar-refractivity contribution in [2.75, 3.05) is 25.5 Å². The van der Waals surface area contributed by atoms with Crippen LogP contribution in [0.4, 0.5) is 5.69 Å². The van der Waals surface area contributed by atoms with Gasteiger partial charge in [0.25, 0.3) is 11.8 Å². The molecule has 2 aromatic rings. The van der Waals surface area contributed by atoms with Gasteiger partial charge in [-0.15, -0.1) is 0 Å². The molecule has 1 saturated carbocycles. The predicted octanol–water partition coefficient (Wildman–Crippen LogP) is 3.41. The summed E-state index contributed by atoms with van der Waals surface area (Å²) in [4.78, 5) is 24.3.